The Hall–Kier alpha value is -1.35. The van der Waals surface area contributed by atoms with E-state index in [2.05, 4.69) is 5.32 Å². The first-order valence-electron chi connectivity index (χ1n) is 5.74. The van der Waals surface area contributed by atoms with Crippen LogP contribution in [-0.2, 0) is 19.6 Å². The lowest BCUT2D eigenvalue weighted by Crippen LogP contribution is -2.58. The monoisotopic (exact) mass is 351 g/mol. The van der Waals surface area contributed by atoms with Gasteiger partial charge in [0.05, 0.1) is 17.3 Å². The first kappa shape index (κ1) is 16.0. The Labute approximate surface area is 131 Å². The largest absolute Gasteiger partial charge is 0.398 e. The Morgan fingerprint density at radius 2 is 1.95 bits per heavy atom. The van der Waals surface area contributed by atoms with Gasteiger partial charge >= 0.3 is 0 Å². The van der Waals surface area contributed by atoms with Crippen LogP contribution in [0.2, 0.25) is 10.0 Å². The number of piperazine rings is 1. The second-order valence-electron chi connectivity index (χ2n) is 4.44. The van der Waals surface area contributed by atoms with Crippen molar-refractivity contribution in [2.24, 2.45) is 0 Å². The van der Waals surface area contributed by atoms with Crippen LogP contribution in [0.4, 0.5) is 5.69 Å². The molecule has 1 fully saturated rings. The Kier molecular flexibility index (Phi) is 4.16. The van der Waals surface area contributed by atoms with E-state index in [1.165, 1.54) is 19.1 Å². The van der Waals surface area contributed by atoms with Crippen LogP contribution in [0.25, 0.3) is 0 Å². The number of sulfonamides is 1. The van der Waals surface area contributed by atoms with Gasteiger partial charge in [-0.05, 0) is 19.1 Å². The number of benzene rings is 1. The third-order valence-electron chi connectivity index (χ3n) is 2.98. The fourth-order valence-corrected chi connectivity index (χ4v) is 4.45. The molecule has 1 aromatic rings. The van der Waals surface area contributed by atoms with E-state index in [1.807, 2.05) is 0 Å². The third kappa shape index (κ3) is 2.84. The highest BCUT2D eigenvalue weighted by molar-refractivity contribution is 7.89. The number of nitrogens with zero attached hydrogens (tertiary/aromatic N) is 1. The van der Waals surface area contributed by atoms with Crippen LogP contribution in [0.5, 0.6) is 0 Å². The van der Waals surface area contributed by atoms with Crippen molar-refractivity contribution in [3.63, 3.8) is 0 Å². The number of imide groups is 1. The van der Waals surface area contributed by atoms with Gasteiger partial charge in [0.25, 0.3) is 0 Å². The summed E-state index contributed by atoms with van der Waals surface area (Å²) in [6, 6.07) is 1.40. The lowest BCUT2D eigenvalue weighted by Gasteiger charge is -2.31. The molecule has 0 spiro atoms. The number of halogens is 2. The fraction of sp³-hybridized carbons (Fsp3) is 0.273. The molecule has 1 unspecified atom stereocenters. The summed E-state index contributed by atoms with van der Waals surface area (Å²) in [5.41, 5.74) is 5.52. The summed E-state index contributed by atoms with van der Waals surface area (Å²) in [4.78, 5) is 22.6. The van der Waals surface area contributed by atoms with Gasteiger partial charge in [0.2, 0.25) is 21.8 Å². The van der Waals surface area contributed by atoms with Gasteiger partial charge in [-0.1, -0.05) is 23.2 Å². The van der Waals surface area contributed by atoms with Crippen LogP contribution in [0, 0.1) is 0 Å². The zero-order chi connectivity index (χ0) is 15.9. The summed E-state index contributed by atoms with van der Waals surface area (Å²) in [5.74, 6) is -1.43. The van der Waals surface area contributed by atoms with E-state index in [1.54, 1.807) is 0 Å². The summed E-state index contributed by atoms with van der Waals surface area (Å²) in [6.45, 7) is 0.868. The van der Waals surface area contributed by atoms with Gasteiger partial charge in [-0.15, -0.1) is 0 Å². The number of carbonyl (C=O) groups is 2. The molecule has 0 bridgehead atoms. The van der Waals surface area contributed by atoms with Crippen molar-refractivity contribution in [3.8, 4) is 0 Å². The molecule has 0 radical (unpaired) electrons. The Balaban J connectivity index is 2.57. The van der Waals surface area contributed by atoms with E-state index in [9.17, 15) is 18.0 Å². The second kappa shape index (κ2) is 5.45. The van der Waals surface area contributed by atoms with Crippen LogP contribution in [0.1, 0.15) is 6.92 Å². The van der Waals surface area contributed by atoms with Gasteiger partial charge in [-0.3, -0.25) is 14.9 Å². The molecule has 1 aromatic carbocycles. The topological polar surface area (TPSA) is 110 Å². The van der Waals surface area contributed by atoms with Gasteiger partial charge in [0.1, 0.15) is 10.9 Å². The van der Waals surface area contributed by atoms with E-state index < -0.39 is 34.4 Å². The van der Waals surface area contributed by atoms with E-state index in [0.29, 0.717) is 0 Å². The maximum absolute atomic E-state index is 12.6. The zero-order valence-electron chi connectivity index (χ0n) is 10.8. The lowest BCUT2D eigenvalue weighted by molar-refractivity contribution is -0.136. The first-order valence-corrected chi connectivity index (χ1v) is 7.94. The normalized spacial score (nSPS) is 20.4. The summed E-state index contributed by atoms with van der Waals surface area (Å²) >= 11 is 11.6. The second-order valence-corrected chi connectivity index (χ2v) is 7.12. The Morgan fingerprint density at radius 3 is 2.52 bits per heavy atom. The molecule has 114 valence electrons. The van der Waals surface area contributed by atoms with E-state index in [0.717, 1.165) is 4.31 Å². The Bertz CT molecular complexity index is 712. The number of hydrogen-bond acceptors (Lipinski definition) is 5. The standard InChI is InChI=1S/C11H11Cl2N3O4S/c1-5-11(18)15-9(17)4-16(5)21(19,20)10-7(13)2-6(12)3-8(10)14/h2-3,5H,4,14H2,1H3,(H,15,17,18). The number of nitrogens with one attached hydrogen (secondary N) is 1. The molecule has 1 heterocycles. The molecule has 10 heteroatoms. The van der Waals surface area contributed by atoms with Gasteiger partial charge in [0.15, 0.2) is 0 Å². The SMILES string of the molecule is CC1C(=O)NC(=O)CN1S(=O)(=O)c1c(N)cc(Cl)cc1Cl. The minimum absolute atomic E-state index is 0.155. The van der Waals surface area contributed by atoms with Crippen molar-refractivity contribution in [1.82, 2.24) is 9.62 Å². The molecule has 2 rings (SSSR count). The van der Waals surface area contributed by atoms with Crippen LogP contribution in [0.15, 0.2) is 17.0 Å². The minimum Gasteiger partial charge on any atom is -0.398 e. The van der Waals surface area contributed by atoms with E-state index in [4.69, 9.17) is 28.9 Å². The van der Waals surface area contributed by atoms with Gasteiger partial charge in [-0.25, -0.2) is 8.42 Å². The van der Waals surface area contributed by atoms with E-state index in [-0.39, 0.29) is 20.6 Å². The molecule has 21 heavy (non-hydrogen) atoms. The molecular weight excluding hydrogens is 341 g/mol. The lowest BCUT2D eigenvalue weighted by atomic mass is 10.2. The van der Waals surface area contributed by atoms with Crippen molar-refractivity contribution in [2.45, 2.75) is 17.9 Å². The molecular formula is C11H11Cl2N3O4S. The van der Waals surface area contributed by atoms with Crippen molar-refractivity contribution in [1.29, 1.82) is 0 Å². The molecule has 0 aliphatic carbocycles. The maximum Gasteiger partial charge on any atom is 0.247 e. The summed E-state index contributed by atoms with van der Waals surface area (Å²) in [6.07, 6.45) is 0. The molecule has 0 saturated carbocycles. The molecule has 3 N–H and O–H groups in total. The maximum atomic E-state index is 12.6. The highest BCUT2D eigenvalue weighted by Gasteiger charge is 2.40. The summed E-state index contributed by atoms with van der Waals surface area (Å²) in [7, 11) is -4.22. The van der Waals surface area contributed by atoms with Crippen molar-refractivity contribution < 1.29 is 18.0 Å². The van der Waals surface area contributed by atoms with Crippen molar-refractivity contribution in [3.05, 3.63) is 22.2 Å². The summed E-state index contributed by atoms with van der Waals surface area (Å²) in [5, 5.41) is 2.05. The predicted molar refractivity (Wildman–Crippen MR) is 77.4 cm³/mol. The molecule has 1 aliphatic heterocycles. The highest BCUT2D eigenvalue weighted by atomic mass is 35.5. The number of carbonyl (C=O) groups excluding carboxylic acids is 2. The average Bonchev–Trinajstić information content (AvgIpc) is 2.31. The predicted octanol–water partition coefficient (Wildman–Crippen LogP) is 0.611. The third-order valence-corrected chi connectivity index (χ3v) is 5.64. The molecule has 0 aromatic heterocycles. The van der Waals surface area contributed by atoms with Gasteiger partial charge in [-0.2, -0.15) is 4.31 Å². The van der Waals surface area contributed by atoms with E-state index >= 15 is 0 Å². The number of hydrogen-bond donors (Lipinski definition) is 2. The minimum atomic E-state index is -4.22. The first-order chi connectivity index (χ1) is 9.64. The number of rotatable bonds is 2. The number of anilines is 1. The van der Waals surface area contributed by atoms with Crippen LogP contribution >= 0.6 is 23.2 Å². The average molecular weight is 352 g/mol. The number of amides is 2. The molecule has 7 nitrogen and oxygen atoms in total. The zero-order valence-corrected chi connectivity index (χ0v) is 13.1. The smallest absolute Gasteiger partial charge is 0.247 e. The number of nitrogen functional groups attached to an aromatic ring is 1. The van der Waals surface area contributed by atoms with Crippen LogP contribution < -0.4 is 11.1 Å². The van der Waals surface area contributed by atoms with Crippen molar-refractivity contribution in [2.75, 3.05) is 12.3 Å². The van der Waals surface area contributed by atoms with Gasteiger partial charge in [0, 0.05) is 5.02 Å². The molecule has 1 aliphatic rings. The molecule has 2 amide bonds. The summed E-state index contributed by atoms with van der Waals surface area (Å²) < 4.78 is 26.0. The van der Waals surface area contributed by atoms with Crippen LogP contribution in [-0.4, -0.2) is 37.1 Å². The highest BCUT2D eigenvalue weighted by Crippen LogP contribution is 2.34. The number of nitrogens with two attached hydrogens (primary N) is 1. The van der Waals surface area contributed by atoms with Gasteiger partial charge < -0.3 is 5.73 Å². The molecule has 1 atom stereocenters. The van der Waals surface area contributed by atoms with Crippen LogP contribution in [0.3, 0.4) is 0 Å². The van der Waals surface area contributed by atoms with Crippen molar-refractivity contribution >= 4 is 50.7 Å². The fourth-order valence-electron chi connectivity index (χ4n) is 1.95. The quantitative estimate of drug-likeness (QED) is 0.599. The Morgan fingerprint density at radius 1 is 1.33 bits per heavy atom. The molecule has 1 saturated heterocycles.